The molecular weight excluding hydrogens is 288 g/mol. The summed E-state index contributed by atoms with van der Waals surface area (Å²) in [4.78, 5) is 20.3. The number of rotatable bonds is 4. The second kappa shape index (κ2) is 7.71. The van der Waals surface area contributed by atoms with E-state index in [0.717, 1.165) is 16.9 Å². The summed E-state index contributed by atoms with van der Waals surface area (Å²) in [6.07, 6.45) is 1.72. The van der Waals surface area contributed by atoms with Crippen molar-refractivity contribution in [2.24, 2.45) is 11.7 Å². The van der Waals surface area contributed by atoms with Gasteiger partial charge in [0.1, 0.15) is 5.82 Å². The molecule has 112 valence electrons. The SMILES string of the molecule is Cc1nccc(-c2cccc(NC(=O)C(C)CN)c2)n1.Cl. The van der Waals surface area contributed by atoms with E-state index in [2.05, 4.69) is 15.3 Å². The minimum atomic E-state index is -0.208. The molecule has 0 aliphatic heterocycles. The Labute approximate surface area is 130 Å². The van der Waals surface area contributed by atoms with Gasteiger partial charge in [-0.05, 0) is 25.1 Å². The fourth-order valence-corrected chi connectivity index (χ4v) is 1.75. The molecular formula is C15H19ClN4O. The van der Waals surface area contributed by atoms with Crippen molar-refractivity contribution in [1.29, 1.82) is 0 Å². The maximum Gasteiger partial charge on any atom is 0.228 e. The number of carbonyl (C=O) groups is 1. The number of aryl methyl sites for hydroxylation is 1. The van der Waals surface area contributed by atoms with E-state index in [4.69, 9.17) is 5.73 Å². The third kappa shape index (κ3) is 4.51. The zero-order valence-corrected chi connectivity index (χ0v) is 12.9. The van der Waals surface area contributed by atoms with Crippen LogP contribution in [0.15, 0.2) is 36.5 Å². The van der Waals surface area contributed by atoms with Gasteiger partial charge in [0.25, 0.3) is 0 Å². The predicted octanol–water partition coefficient (Wildman–Crippen LogP) is 2.41. The minimum Gasteiger partial charge on any atom is -0.330 e. The molecule has 0 saturated heterocycles. The van der Waals surface area contributed by atoms with Gasteiger partial charge in [0.2, 0.25) is 5.91 Å². The number of aromatic nitrogens is 2. The Kier molecular flexibility index (Phi) is 6.27. The van der Waals surface area contributed by atoms with Gasteiger partial charge in [-0.15, -0.1) is 12.4 Å². The molecule has 5 nitrogen and oxygen atoms in total. The van der Waals surface area contributed by atoms with E-state index < -0.39 is 0 Å². The normalized spacial score (nSPS) is 11.4. The van der Waals surface area contributed by atoms with Gasteiger partial charge >= 0.3 is 0 Å². The summed E-state index contributed by atoms with van der Waals surface area (Å²) in [5, 5.41) is 2.86. The molecule has 2 aromatic rings. The lowest BCUT2D eigenvalue weighted by Crippen LogP contribution is -2.26. The summed E-state index contributed by atoms with van der Waals surface area (Å²) in [6, 6.07) is 9.41. The number of carbonyl (C=O) groups excluding carboxylic acids is 1. The Bertz CT molecular complexity index is 618. The average molecular weight is 307 g/mol. The Balaban J connectivity index is 0.00000220. The van der Waals surface area contributed by atoms with Crippen LogP contribution in [-0.2, 0) is 4.79 Å². The minimum absolute atomic E-state index is 0. The second-order valence-corrected chi connectivity index (χ2v) is 4.70. The van der Waals surface area contributed by atoms with Gasteiger partial charge in [-0.2, -0.15) is 0 Å². The number of nitrogens with zero attached hydrogens (tertiary/aromatic N) is 2. The summed E-state index contributed by atoms with van der Waals surface area (Å²) < 4.78 is 0. The van der Waals surface area contributed by atoms with Crippen LogP contribution in [0.5, 0.6) is 0 Å². The van der Waals surface area contributed by atoms with Gasteiger partial charge in [-0.25, -0.2) is 9.97 Å². The standard InChI is InChI=1S/C15H18N4O.ClH/c1-10(9-16)15(20)19-13-5-3-4-12(8-13)14-6-7-17-11(2)18-14;/h3-8,10H,9,16H2,1-2H3,(H,19,20);1H. The summed E-state index contributed by atoms with van der Waals surface area (Å²) in [5.41, 5.74) is 8.00. The first-order chi connectivity index (χ1) is 9.60. The fourth-order valence-electron chi connectivity index (χ4n) is 1.75. The van der Waals surface area contributed by atoms with Gasteiger partial charge < -0.3 is 11.1 Å². The average Bonchev–Trinajstić information content (AvgIpc) is 2.46. The molecule has 0 radical (unpaired) electrons. The topological polar surface area (TPSA) is 80.9 Å². The molecule has 0 aliphatic carbocycles. The number of nitrogens with one attached hydrogen (secondary N) is 1. The smallest absolute Gasteiger partial charge is 0.228 e. The Morgan fingerprint density at radius 1 is 1.38 bits per heavy atom. The van der Waals surface area contributed by atoms with Gasteiger partial charge in [0.05, 0.1) is 5.69 Å². The molecule has 0 saturated carbocycles. The molecule has 1 heterocycles. The number of hydrogen-bond acceptors (Lipinski definition) is 4. The number of benzene rings is 1. The van der Waals surface area contributed by atoms with Crippen LogP contribution >= 0.6 is 12.4 Å². The zero-order valence-electron chi connectivity index (χ0n) is 12.0. The van der Waals surface area contributed by atoms with Crippen molar-refractivity contribution >= 4 is 24.0 Å². The Morgan fingerprint density at radius 2 is 2.14 bits per heavy atom. The molecule has 1 amide bonds. The Hall–Kier alpha value is -1.98. The van der Waals surface area contributed by atoms with E-state index in [1.807, 2.05) is 37.3 Å². The van der Waals surface area contributed by atoms with Crippen LogP contribution in [0.2, 0.25) is 0 Å². The van der Waals surface area contributed by atoms with E-state index in [0.29, 0.717) is 12.4 Å². The molecule has 1 aromatic carbocycles. The van der Waals surface area contributed by atoms with Crippen LogP contribution in [0.25, 0.3) is 11.3 Å². The zero-order chi connectivity index (χ0) is 14.5. The maximum atomic E-state index is 11.8. The van der Waals surface area contributed by atoms with Crippen LogP contribution in [0.3, 0.4) is 0 Å². The van der Waals surface area contributed by atoms with Crippen molar-refractivity contribution in [2.45, 2.75) is 13.8 Å². The molecule has 21 heavy (non-hydrogen) atoms. The molecule has 1 atom stereocenters. The van der Waals surface area contributed by atoms with Crippen molar-refractivity contribution in [3.05, 3.63) is 42.4 Å². The molecule has 0 fully saturated rings. The molecule has 6 heteroatoms. The van der Waals surface area contributed by atoms with Gasteiger partial charge in [-0.3, -0.25) is 4.79 Å². The molecule has 1 aromatic heterocycles. The van der Waals surface area contributed by atoms with E-state index in [9.17, 15) is 4.79 Å². The number of halogens is 1. The van der Waals surface area contributed by atoms with Crippen LogP contribution in [0.1, 0.15) is 12.7 Å². The largest absolute Gasteiger partial charge is 0.330 e. The highest BCUT2D eigenvalue weighted by molar-refractivity contribution is 5.93. The highest BCUT2D eigenvalue weighted by Gasteiger charge is 2.11. The lowest BCUT2D eigenvalue weighted by molar-refractivity contribution is -0.119. The van der Waals surface area contributed by atoms with Crippen LogP contribution < -0.4 is 11.1 Å². The monoisotopic (exact) mass is 306 g/mol. The predicted molar refractivity (Wildman–Crippen MR) is 86.3 cm³/mol. The lowest BCUT2D eigenvalue weighted by atomic mass is 10.1. The van der Waals surface area contributed by atoms with Gasteiger partial charge in [0, 0.05) is 29.9 Å². The third-order valence-corrected chi connectivity index (χ3v) is 3.00. The van der Waals surface area contributed by atoms with Crippen LogP contribution in [-0.4, -0.2) is 22.4 Å². The number of nitrogens with two attached hydrogens (primary N) is 1. The molecule has 1 unspecified atom stereocenters. The summed E-state index contributed by atoms with van der Waals surface area (Å²) >= 11 is 0. The lowest BCUT2D eigenvalue weighted by Gasteiger charge is -2.11. The number of amides is 1. The summed E-state index contributed by atoms with van der Waals surface area (Å²) in [7, 11) is 0. The third-order valence-electron chi connectivity index (χ3n) is 3.00. The quantitative estimate of drug-likeness (QED) is 0.909. The van der Waals surface area contributed by atoms with Crippen LogP contribution in [0.4, 0.5) is 5.69 Å². The first-order valence-corrected chi connectivity index (χ1v) is 6.51. The molecule has 0 bridgehead atoms. The van der Waals surface area contributed by atoms with E-state index >= 15 is 0 Å². The summed E-state index contributed by atoms with van der Waals surface area (Å²) in [5.74, 6) is 0.428. The van der Waals surface area contributed by atoms with E-state index in [-0.39, 0.29) is 24.2 Å². The molecule has 2 rings (SSSR count). The maximum absolute atomic E-state index is 11.8. The first-order valence-electron chi connectivity index (χ1n) is 6.51. The van der Waals surface area contributed by atoms with E-state index in [1.54, 1.807) is 13.1 Å². The number of anilines is 1. The van der Waals surface area contributed by atoms with Crippen molar-refractivity contribution in [1.82, 2.24) is 9.97 Å². The van der Waals surface area contributed by atoms with Crippen molar-refractivity contribution in [3.63, 3.8) is 0 Å². The first kappa shape index (κ1) is 17.1. The van der Waals surface area contributed by atoms with Crippen molar-refractivity contribution in [3.8, 4) is 11.3 Å². The molecule has 0 aliphatic rings. The van der Waals surface area contributed by atoms with Gasteiger partial charge in [-0.1, -0.05) is 19.1 Å². The highest BCUT2D eigenvalue weighted by atomic mass is 35.5. The fraction of sp³-hybridized carbons (Fsp3) is 0.267. The van der Waals surface area contributed by atoms with E-state index in [1.165, 1.54) is 0 Å². The number of hydrogen-bond donors (Lipinski definition) is 2. The second-order valence-electron chi connectivity index (χ2n) is 4.70. The van der Waals surface area contributed by atoms with Crippen LogP contribution in [0, 0.1) is 12.8 Å². The van der Waals surface area contributed by atoms with Crippen molar-refractivity contribution < 1.29 is 4.79 Å². The summed E-state index contributed by atoms with van der Waals surface area (Å²) in [6.45, 7) is 3.97. The Morgan fingerprint density at radius 3 is 2.81 bits per heavy atom. The highest BCUT2D eigenvalue weighted by Crippen LogP contribution is 2.21. The molecule has 3 N–H and O–H groups in total. The van der Waals surface area contributed by atoms with Crippen molar-refractivity contribution in [2.75, 3.05) is 11.9 Å². The molecule has 0 spiro atoms. The van der Waals surface area contributed by atoms with Gasteiger partial charge in [0.15, 0.2) is 0 Å².